The van der Waals surface area contributed by atoms with Gasteiger partial charge in [-0.2, -0.15) is 0 Å². The highest BCUT2D eigenvalue weighted by Gasteiger charge is 1.99. The van der Waals surface area contributed by atoms with Gasteiger partial charge in [0.15, 0.2) is 0 Å². The number of hydrogen-bond donors (Lipinski definition) is 1. The van der Waals surface area contributed by atoms with E-state index in [2.05, 4.69) is 6.58 Å². The number of carbonyl (C=O) groups is 1. The van der Waals surface area contributed by atoms with Crippen LogP contribution in [0.3, 0.4) is 0 Å². The molecule has 0 unspecified atom stereocenters. The zero-order valence-corrected chi connectivity index (χ0v) is 5.94. The molecular weight excluding hydrogens is 136 g/mol. The van der Waals surface area contributed by atoms with Crippen molar-refractivity contribution in [3.8, 4) is 0 Å². The van der Waals surface area contributed by atoms with E-state index >= 15 is 0 Å². The highest BCUT2D eigenvalue weighted by Crippen LogP contribution is 2.13. The summed E-state index contributed by atoms with van der Waals surface area (Å²) in [5.41, 5.74) is 0. The molecule has 3 heteroatoms. The minimum atomic E-state index is -0.960. The first kappa shape index (κ1) is 8.30. The summed E-state index contributed by atoms with van der Waals surface area (Å²) in [7, 11) is 0. The van der Waals surface area contributed by atoms with Crippen molar-refractivity contribution in [3.63, 3.8) is 0 Å². The molecule has 1 N–H and O–H groups in total. The second kappa shape index (κ2) is 4.21. The topological polar surface area (TPSA) is 37.3 Å². The van der Waals surface area contributed by atoms with E-state index in [0.29, 0.717) is 0 Å². The molecule has 0 aliphatic carbocycles. The largest absolute Gasteiger partial charge is 0.477 e. The van der Waals surface area contributed by atoms with Gasteiger partial charge in [0.2, 0.25) is 0 Å². The first-order valence-corrected chi connectivity index (χ1v) is 3.26. The summed E-state index contributed by atoms with van der Waals surface area (Å²) in [6, 6.07) is 0. The molecule has 0 saturated carbocycles. The van der Waals surface area contributed by atoms with Gasteiger partial charge in [-0.1, -0.05) is 24.4 Å². The molecule has 0 spiro atoms. The molecule has 0 rings (SSSR count). The zero-order chi connectivity index (χ0) is 7.28. The first-order valence-electron chi connectivity index (χ1n) is 2.38. The average molecular weight is 144 g/mol. The Kier molecular flexibility index (Phi) is 3.88. The molecule has 0 aliphatic heterocycles. The molecule has 0 heterocycles. The fourth-order valence-corrected chi connectivity index (χ4v) is 0.602. The van der Waals surface area contributed by atoms with E-state index in [1.807, 2.05) is 6.92 Å². The number of thioether (sulfide) groups is 1. The molecule has 9 heavy (non-hydrogen) atoms. The van der Waals surface area contributed by atoms with Gasteiger partial charge < -0.3 is 5.11 Å². The lowest BCUT2D eigenvalue weighted by atomic mass is 10.7. The Morgan fingerprint density at radius 2 is 2.33 bits per heavy atom. The molecule has 0 fully saturated rings. The summed E-state index contributed by atoms with van der Waals surface area (Å²) in [6.45, 7) is 5.13. The van der Waals surface area contributed by atoms with Gasteiger partial charge in [-0.05, 0) is 12.3 Å². The van der Waals surface area contributed by atoms with Gasteiger partial charge in [-0.3, -0.25) is 0 Å². The van der Waals surface area contributed by atoms with Crippen LogP contribution in [0.25, 0.3) is 0 Å². The molecule has 50 valence electrons. The van der Waals surface area contributed by atoms with Gasteiger partial charge in [-0.25, -0.2) is 4.79 Å². The third-order valence-corrected chi connectivity index (χ3v) is 1.45. The van der Waals surface area contributed by atoms with Crippen molar-refractivity contribution >= 4 is 17.7 Å². The van der Waals surface area contributed by atoms with E-state index < -0.39 is 5.97 Å². The van der Waals surface area contributed by atoms with Crippen LogP contribution in [0.5, 0.6) is 0 Å². The quantitative estimate of drug-likeness (QED) is 0.614. The van der Waals surface area contributed by atoms with Crippen LogP contribution in [0, 0.1) is 0 Å². The highest BCUT2D eigenvalue weighted by atomic mass is 32.2. The van der Waals surface area contributed by atoms with Gasteiger partial charge in [0.1, 0.15) is 0 Å². The second-order valence-electron chi connectivity index (χ2n) is 1.32. The molecule has 0 saturated heterocycles. The van der Waals surface area contributed by atoms with E-state index in [1.165, 1.54) is 0 Å². The van der Waals surface area contributed by atoms with E-state index in [-0.39, 0.29) is 4.91 Å². The van der Waals surface area contributed by atoms with Gasteiger partial charge in [-0.15, -0.1) is 0 Å². The summed E-state index contributed by atoms with van der Waals surface area (Å²) >= 11 is 1.11. The molecule has 0 aliphatic rings. The molecule has 0 atom stereocenters. The lowest BCUT2D eigenvalue weighted by Crippen LogP contribution is -1.92. The normalized spacial score (nSPS) is 9.89. The fraction of sp³-hybridized carbons (Fsp3) is 0.167. The number of hydrogen-bond acceptors (Lipinski definition) is 2. The van der Waals surface area contributed by atoms with E-state index in [0.717, 1.165) is 11.8 Å². The smallest absolute Gasteiger partial charge is 0.341 e. The highest BCUT2D eigenvalue weighted by molar-refractivity contribution is 8.06. The van der Waals surface area contributed by atoms with Crippen molar-refractivity contribution in [2.24, 2.45) is 0 Å². The van der Waals surface area contributed by atoms with Gasteiger partial charge >= 0.3 is 5.97 Å². The van der Waals surface area contributed by atoms with Crippen LogP contribution in [-0.4, -0.2) is 11.1 Å². The third kappa shape index (κ3) is 3.85. The third-order valence-electron chi connectivity index (χ3n) is 0.585. The molecule has 2 nitrogen and oxygen atoms in total. The van der Waals surface area contributed by atoms with Gasteiger partial charge in [0.05, 0.1) is 4.91 Å². The Labute approximate surface area is 58.3 Å². The van der Waals surface area contributed by atoms with Crippen LogP contribution in [0.2, 0.25) is 0 Å². The van der Waals surface area contributed by atoms with E-state index in [9.17, 15) is 4.79 Å². The second-order valence-corrected chi connectivity index (χ2v) is 2.32. The Bertz CT molecular complexity index is 149. The van der Waals surface area contributed by atoms with Crippen molar-refractivity contribution in [2.45, 2.75) is 6.92 Å². The standard InChI is InChI=1S/C6H8O2S/c1-3-4-9-5(2)6(7)8/h3-4H,2H2,1H3,(H,7,8)/b4-3-. The lowest BCUT2D eigenvalue weighted by molar-refractivity contribution is -0.131. The minimum absolute atomic E-state index is 0.146. The summed E-state index contributed by atoms with van der Waals surface area (Å²) in [5.74, 6) is -0.960. The Hall–Kier alpha value is -0.700. The maximum Gasteiger partial charge on any atom is 0.341 e. The van der Waals surface area contributed by atoms with Crippen molar-refractivity contribution in [3.05, 3.63) is 23.0 Å². The van der Waals surface area contributed by atoms with Crippen molar-refractivity contribution in [2.75, 3.05) is 0 Å². The summed E-state index contributed by atoms with van der Waals surface area (Å²) in [6.07, 6.45) is 1.76. The Balaban J connectivity index is 3.65. The SMILES string of the molecule is C=C(S/C=C\C)C(=O)O. The van der Waals surface area contributed by atoms with Crippen LogP contribution in [0.4, 0.5) is 0 Å². The number of carboxylic acids is 1. The molecule has 0 aromatic carbocycles. The first-order chi connectivity index (χ1) is 4.18. The Morgan fingerprint density at radius 3 is 2.67 bits per heavy atom. The number of carboxylic acid groups (broad SMARTS) is 1. The number of allylic oxidation sites excluding steroid dienone is 1. The molecule has 0 amide bonds. The fourth-order valence-electron chi connectivity index (χ4n) is 0.201. The summed E-state index contributed by atoms with van der Waals surface area (Å²) in [5, 5.41) is 9.93. The Morgan fingerprint density at radius 1 is 1.78 bits per heavy atom. The maximum absolute atomic E-state index is 10.1. The average Bonchev–Trinajstić information content (AvgIpc) is 1.82. The lowest BCUT2D eigenvalue weighted by Gasteiger charge is -1.89. The van der Waals surface area contributed by atoms with Crippen LogP contribution in [0.1, 0.15) is 6.92 Å². The number of aliphatic carboxylic acids is 1. The van der Waals surface area contributed by atoms with Crippen molar-refractivity contribution < 1.29 is 9.90 Å². The predicted octanol–water partition coefficient (Wildman–Crippen LogP) is 1.85. The van der Waals surface area contributed by atoms with Gasteiger partial charge in [0, 0.05) is 0 Å². The minimum Gasteiger partial charge on any atom is -0.477 e. The van der Waals surface area contributed by atoms with Crippen molar-refractivity contribution in [1.82, 2.24) is 0 Å². The summed E-state index contributed by atoms with van der Waals surface area (Å²) in [4.78, 5) is 10.2. The van der Waals surface area contributed by atoms with Crippen LogP contribution in [0.15, 0.2) is 23.0 Å². The number of rotatable bonds is 3. The maximum atomic E-state index is 10.1. The van der Waals surface area contributed by atoms with E-state index in [1.54, 1.807) is 11.5 Å². The van der Waals surface area contributed by atoms with Gasteiger partial charge in [0.25, 0.3) is 0 Å². The predicted molar refractivity (Wildman–Crippen MR) is 39.2 cm³/mol. The zero-order valence-electron chi connectivity index (χ0n) is 5.13. The van der Waals surface area contributed by atoms with Crippen molar-refractivity contribution in [1.29, 1.82) is 0 Å². The molecule has 0 aromatic heterocycles. The molecule has 0 radical (unpaired) electrons. The monoisotopic (exact) mass is 144 g/mol. The van der Waals surface area contributed by atoms with Crippen LogP contribution >= 0.6 is 11.8 Å². The molecule has 0 bridgehead atoms. The van der Waals surface area contributed by atoms with E-state index in [4.69, 9.17) is 5.11 Å². The van der Waals surface area contributed by atoms with Crippen LogP contribution < -0.4 is 0 Å². The summed E-state index contributed by atoms with van der Waals surface area (Å²) < 4.78 is 0. The molecular formula is C6H8O2S. The van der Waals surface area contributed by atoms with Crippen LogP contribution in [-0.2, 0) is 4.79 Å². The molecule has 0 aromatic rings.